The van der Waals surface area contributed by atoms with E-state index in [-0.39, 0.29) is 23.7 Å². The molecule has 37 heavy (non-hydrogen) atoms. The molecule has 1 aliphatic heterocycles. The minimum Gasteiger partial charge on any atom is -0.349 e. The van der Waals surface area contributed by atoms with Gasteiger partial charge in [0.15, 0.2) is 0 Å². The number of pyridine rings is 1. The Balaban J connectivity index is 1.51. The van der Waals surface area contributed by atoms with Crippen LogP contribution < -0.4 is 15.5 Å². The molecule has 2 N–H and O–H groups in total. The molecule has 2 amide bonds. The van der Waals surface area contributed by atoms with Crippen molar-refractivity contribution in [3.8, 4) is 0 Å². The van der Waals surface area contributed by atoms with Crippen molar-refractivity contribution >= 4 is 23.4 Å². The molecule has 4 rings (SSSR count). The van der Waals surface area contributed by atoms with Gasteiger partial charge in [0.1, 0.15) is 17.5 Å². The second-order valence-electron chi connectivity index (χ2n) is 8.31. The highest BCUT2D eigenvalue weighted by molar-refractivity contribution is 5.90. The third-order valence-corrected chi connectivity index (χ3v) is 5.89. The summed E-state index contributed by atoms with van der Waals surface area (Å²) in [6.45, 7) is 0.273. The maximum Gasteiger partial charge on any atom is 0.416 e. The Morgan fingerprint density at radius 1 is 1.11 bits per heavy atom. The van der Waals surface area contributed by atoms with Crippen molar-refractivity contribution in [3.63, 3.8) is 0 Å². The van der Waals surface area contributed by atoms with Crippen molar-refractivity contribution in [1.29, 1.82) is 0 Å². The van der Waals surface area contributed by atoms with Crippen molar-refractivity contribution in [2.45, 2.75) is 31.6 Å². The fraction of sp³-hybridized carbons (Fsp3) is 0.250. The zero-order valence-electron chi connectivity index (χ0n) is 19.1. The number of benzene rings is 2. The van der Waals surface area contributed by atoms with Crippen LogP contribution >= 0.6 is 0 Å². The number of nitro groups is 1. The summed E-state index contributed by atoms with van der Waals surface area (Å²) in [6, 6.07) is 8.34. The first-order valence-corrected chi connectivity index (χ1v) is 11.1. The summed E-state index contributed by atoms with van der Waals surface area (Å²) in [5.74, 6) is -1.36. The van der Waals surface area contributed by atoms with Gasteiger partial charge in [-0.2, -0.15) is 13.2 Å². The summed E-state index contributed by atoms with van der Waals surface area (Å²) in [6.07, 6.45) is -3.36. The lowest BCUT2D eigenvalue weighted by Crippen LogP contribution is -2.29. The number of nitrogens with zero attached hydrogens (tertiary/aromatic N) is 3. The Bertz CT molecular complexity index is 1320. The van der Waals surface area contributed by atoms with Gasteiger partial charge in [0, 0.05) is 24.7 Å². The Morgan fingerprint density at radius 2 is 1.84 bits per heavy atom. The van der Waals surface area contributed by atoms with Crippen LogP contribution in [0.4, 0.5) is 44.1 Å². The van der Waals surface area contributed by atoms with Gasteiger partial charge in [0.2, 0.25) is 5.82 Å². The van der Waals surface area contributed by atoms with Crippen LogP contribution in [0, 0.1) is 21.7 Å². The molecule has 194 valence electrons. The molecule has 0 radical (unpaired) electrons. The number of carbonyl (C=O) groups excluding carboxylic acids is 1. The molecule has 0 spiro atoms. The van der Waals surface area contributed by atoms with Crippen LogP contribution in [0.1, 0.15) is 35.6 Å². The highest BCUT2D eigenvalue weighted by Gasteiger charge is 2.31. The number of carbonyl (C=O) groups is 1. The third-order valence-electron chi connectivity index (χ3n) is 5.89. The van der Waals surface area contributed by atoms with E-state index >= 15 is 0 Å². The fourth-order valence-corrected chi connectivity index (χ4v) is 4.12. The minimum absolute atomic E-state index is 0.126. The Hall–Kier alpha value is -4.29. The predicted molar refractivity (Wildman–Crippen MR) is 124 cm³/mol. The number of anilines is 2. The Labute approximate surface area is 207 Å². The quantitative estimate of drug-likeness (QED) is 0.237. The van der Waals surface area contributed by atoms with Crippen LogP contribution in [-0.2, 0) is 12.7 Å². The fourth-order valence-electron chi connectivity index (χ4n) is 4.12. The van der Waals surface area contributed by atoms with Gasteiger partial charge >= 0.3 is 17.9 Å². The van der Waals surface area contributed by atoms with E-state index in [1.165, 1.54) is 18.2 Å². The van der Waals surface area contributed by atoms with E-state index in [0.29, 0.717) is 24.9 Å². The lowest BCUT2D eigenvalue weighted by Gasteiger charge is -2.26. The summed E-state index contributed by atoms with van der Waals surface area (Å²) in [5.41, 5.74) is -0.838. The molecule has 1 unspecified atom stereocenters. The molecule has 8 nitrogen and oxygen atoms in total. The lowest BCUT2D eigenvalue weighted by atomic mass is 10.0. The molecule has 2 aromatic carbocycles. The van der Waals surface area contributed by atoms with Crippen molar-refractivity contribution in [1.82, 2.24) is 10.3 Å². The molecule has 1 aliphatic rings. The van der Waals surface area contributed by atoms with E-state index in [9.17, 15) is 36.9 Å². The van der Waals surface area contributed by atoms with Gasteiger partial charge in [-0.15, -0.1) is 0 Å². The van der Waals surface area contributed by atoms with Gasteiger partial charge in [-0.25, -0.2) is 18.6 Å². The maximum atomic E-state index is 14.4. The second-order valence-corrected chi connectivity index (χ2v) is 8.31. The molecular weight excluding hydrogens is 501 g/mol. The van der Waals surface area contributed by atoms with Gasteiger partial charge in [-0.1, -0.05) is 12.1 Å². The SMILES string of the molecule is O=C(NCc1ccc(C(F)(F)F)cc1)Nc1nc(N2CCCC2c2cc(F)ccc2F)ccc1[N+](=O)[O-]. The van der Waals surface area contributed by atoms with Crippen LogP contribution in [0.3, 0.4) is 0 Å². The van der Waals surface area contributed by atoms with Crippen molar-refractivity contribution in [2.24, 2.45) is 0 Å². The van der Waals surface area contributed by atoms with Gasteiger partial charge < -0.3 is 10.2 Å². The Morgan fingerprint density at radius 3 is 2.51 bits per heavy atom. The zero-order chi connectivity index (χ0) is 26.7. The molecule has 2 heterocycles. The second kappa shape index (κ2) is 10.4. The van der Waals surface area contributed by atoms with E-state index in [2.05, 4.69) is 15.6 Å². The molecular formula is C24H20F5N5O3. The zero-order valence-corrected chi connectivity index (χ0v) is 19.1. The number of hydrogen-bond donors (Lipinski definition) is 2. The first kappa shape index (κ1) is 25.8. The summed E-state index contributed by atoms with van der Waals surface area (Å²) in [5, 5.41) is 16.2. The topological polar surface area (TPSA) is 100 Å². The smallest absolute Gasteiger partial charge is 0.349 e. The molecule has 1 aromatic heterocycles. The highest BCUT2D eigenvalue weighted by Crippen LogP contribution is 2.38. The highest BCUT2D eigenvalue weighted by atomic mass is 19.4. The van der Waals surface area contributed by atoms with Crippen LogP contribution in [0.25, 0.3) is 0 Å². The third kappa shape index (κ3) is 5.93. The average molecular weight is 521 g/mol. The molecule has 3 aromatic rings. The molecule has 1 saturated heterocycles. The molecule has 1 fully saturated rings. The molecule has 0 bridgehead atoms. The van der Waals surface area contributed by atoms with Crippen LogP contribution in [0.2, 0.25) is 0 Å². The summed E-state index contributed by atoms with van der Waals surface area (Å²) in [4.78, 5) is 29.1. The van der Waals surface area contributed by atoms with E-state index in [1.54, 1.807) is 4.90 Å². The van der Waals surface area contributed by atoms with E-state index in [4.69, 9.17) is 0 Å². The normalized spacial score (nSPS) is 15.5. The number of hydrogen-bond acceptors (Lipinski definition) is 5. The molecule has 1 atom stereocenters. The lowest BCUT2D eigenvalue weighted by molar-refractivity contribution is -0.384. The summed E-state index contributed by atoms with van der Waals surface area (Å²) in [7, 11) is 0. The summed E-state index contributed by atoms with van der Waals surface area (Å²) >= 11 is 0. The van der Waals surface area contributed by atoms with Crippen LogP contribution in [0.5, 0.6) is 0 Å². The van der Waals surface area contributed by atoms with E-state index < -0.39 is 46.1 Å². The first-order valence-electron chi connectivity index (χ1n) is 11.1. The first-order chi connectivity index (χ1) is 17.5. The monoisotopic (exact) mass is 521 g/mol. The van der Waals surface area contributed by atoms with Crippen molar-refractivity contribution in [2.75, 3.05) is 16.8 Å². The standard InChI is InChI=1S/C24H20F5N5O3/c25-16-7-8-18(26)17(12-16)19-2-1-11-33(19)21-10-9-20(34(36)37)22(31-21)32-23(35)30-13-14-3-5-15(6-4-14)24(27,28)29/h3-10,12,19H,1-2,11,13H2,(H2,30,31,32,35). The average Bonchev–Trinajstić information content (AvgIpc) is 3.33. The van der Waals surface area contributed by atoms with Gasteiger partial charge in [-0.3, -0.25) is 15.4 Å². The van der Waals surface area contributed by atoms with Gasteiger partial charge in [0.25, 0.3) is 0 Å². The van der Waals surface area contributed by atoms with E-state index in [0.717, 1.165) is 36.4 Å². The molecule has 0 saturated carbocycles. The number of aromatic nitrogens is 1. The predicted octanol–water partition coefficient (Wildman–Crippen LogP) is 5.95. The Kier molecular flexibility index (Phi) is 7.23. The minimum atomic E-state index is -4.49. The van der Waals surface area contributed by atoms with E-state index in [1.807, 2.05) is 0 Å². The number of rotatable bonds is 6. The number of halogens is 5. The van der Waals surface area contributed by atoms with Crippen LogP contribution in [-0.4, -0.2) is 22.5 Å². The summed E-state index contributed by atoms with van der Waals surface area (Å²) < 4.78 is 66.3. The van der Waals surface area contributed by atoms with Crippen molar-refractivity contribution < 1.29 is 31.7 Å². The van der Waals surface area contributed by atoms with Crippen molar-refractivity contribution in [3.05, 3.63) is 93.0 Å². The molecule has 13 heteroatoms. The largest absolute Gasteiger partial charge is 0.416 e. The van der Waals surface area contributed by atoms with Gasteiger partial charge in [-0.05, 0) is 54.8 Å². The number of urea groups is 1. The molecule has 0 aliphatic carbocycles. The number of alkyl halides is 3. The van der Waals surface area contributed by atoms with Gasteiger partial charge in [0.05, 0.1) is 16.5 Å². The number of amides is 2. The number of nitrogens with one attached hydrogen (secondary N) is 2. The maximum absolute atomic E-state index is 14.4. The van der Waals surface area contributed by atoms with Crippen LogP contribution in [0.15, 0.2) is 54.6 Å².